The molecule has 1 aromatic carbocycles. The Labute approximate surface area is 110 Å². The average molecular weight is 249 g/mol. The minimum absolute atomic E-state index is 0.113. The summed E-state index contributed by atoms with van der Waals surface area (Å²) in [6, 6.07) is 6.07. The largest absolute Gasteiger partial charge is 0.496 e. The van der Waals surface area contributed by atoms with E-state index in [1.807, 2.05) is 25.1 Å². The van der Waals surface area contributed by atoms with Gasteiger partial charge in [-0.25, -0.2) is 0 Å². The molecule has 0 spiro atoms. The number of likely N-dealkylation sites (N-methyl/N-ethyl adjacent to an activating group) is 1. The van der Waals surface area contributed by atoms with Crippen LogP contribution in [0, 0.1) is 6.92 Å². The van der Waals surface area contributed by atoms with Crippen LogP contribution in [0.3, 0.4) is 0 Å². The second-order valence-electron chi connectivity index (χ2n) is 4.78. The summed E-state index contributed by atoms with van der Waals surface area (Å²) in [5.74, 6) is 0.780. The molecule has 0 aliphatic rings. The second-order valence-corrected chi connectivity index (χ2v) is 4.78. The van der Waals surface area contributed by atoms with Crippen molar-refractivity contribution in [2.24, 2.45) is 0 Å². The summed E-state index contributed by atoms with van der Waals surface area (Å²) in [6.45, 7) is 9.57. The number of ketones is 1. The van der Waals surface area contributed by atoms with Crippen LogP contribution in [0.5, 0.6) is 5.75 Å². The Bertz CT molecular complexity index is 413. The van der Waals surface area contributed by atoms with Gasteiger partial charge in [0.2, 0.25) is 0 Å². The zero-order valence-corrected chi connectivity index (χ0v) is 12.0. The summed E-state index contributed by atoms with van der Waals surface area (Å²) in [5, 5.41) is 0. The zero-order valence-electron chi connectivity index (χ0n) is 12.0. The Hall–Kier alpha value is -1.35. The molecule has 0 saturated carbocycles. The molecule has 0 amide bonds. The highest BCUT2D eigenvalue weighted by Crippen LogP contribution is 2.20. The Morgan fingerprint density at radius 2 is 2.06 bits per heavy atom. The number of hydrogen-bond acceptors (Lipinski definition) is 3. The summed E-state index contributed by atoms with van der Waals surface area (Å²) in [5.41, 5.74) is 1.77. The normalized spacial score (nSPS) is 11.1. The lowest BCUT2D eigenvalue weighted by atomic mass is 10.1. The van der Waals surface area contributed by atoms with Gasteiger partial charge in [0.25, 0.3) is 0 Å². The lowest BCUT2D eigenvalue weighted by Gasteiger charge is -2.24. The second kappa shape index (κ2) is 6.55. The van der Waals surface area contributed by atoms with E-state index in [0.29, 0.717) is 23.9 Å². The maximum Gasteiger partial charge on any atom is 0.180 e. The van der Waals surface area contributed by atoms with Crippen molar-refractivity contribution in [3.05, 3.63) is 29.3 Å². The molecule has 0 atom stereocenters. The van der Waals surface area contributed by atoms with E-state index in [1.165, 1.54) is 0 Å². The third-order valence-electron chi connectivity index (χ3n) is 3.14. The Morgan fingerprint density at radius 1 is 1.39 bits per heavy atom. The van der Waals surface area contributed by atoms with Crippen molar-refractivity contribution < 1.29 is 9.53 Å². The Kier molecular flexibility index (Phi) is 5.35. The van der Waals surface area contributed by atoms with Crippen LogP contribution in [0.2, 0.25) is 0 Å². The van der Waals surface area contributed by atoms with Crippen molar-refractivity contribution in [1.82, 2.24) is 4.90 Å². The molecule has 0 unspecified atom stereocenters. The third kappa shape index (κ3) is 3.57. The van der Waals surface area contributed by atoms with Gasteiger partial charge in [-0.2, -0.15) is 0 Å². The van der Waals surface area contributed by atoms with E-state index in [0.717, 1.165) is 12.1 Å². The highest BCUT2D eigenvalue weighted by molar-refractivity contribution is 6.00. The van der Waals surface area contributed by atoms with Crippen LogP contribution in [0.4, 0.5) is 0 Å². The van der Waals surface area contributed by atoms with E-state index < -0.39 is 0 Å². The van der Waals surface area contributed by atoms with Gasteiger partial charge in [-0.05, 0) is 45.0 Å². The van der Waals surface area contributed by atoms with Crippen molar-refractivity contribution in [3.8, 4) is 5.75 Å². The van der Waals surface area contributed by atoms with Crippen LogP contribution >= 0.6 is 0 Å². The van der Waals surface area contributed by atoms with Crippen molar-refractivity contribution in [2.75, 3.05) is 20.2 Å². The standard InChI is InChI=1S/C15H23NO2/c1-6-16(11(2)3)10-14(17)13-8-7-12(4)9-15(13)18-5/h7-9,11H,6,10H2,1-5H3. The van der Waals surface area contributed by atoms with Gasteiger partial charge in [0.1, 0.15) is 5.75 Å². The van der Waals surface area contributed by atoms with Crippen LogP contribution in [-0.2, 0) is 0 Å². The van der Waals surface area contributed by atoms with E-state index in [9.17, 15) is 4.79 Å². The number of nitrogens with zero attached hydrogens (tertiary/aromatic N) is 1. The van der Waals surface area contributed by atoms with Crippen LogP contribution in [0.25, 0.3) is 0 Å². The lowest BCUT2D eigenvalue weighted by Crippen LogP contribution is -2.35. The number of methoxy groups -OCH3 is 1. The summed E-state index contributed by atoms with van der Waals surface area (Å²) in [4.78, 5) is 14.4. The maximum absolute atomic E-state index is 12.3. The molecule has 0 saturated heterocycles. The smallest absolute Gasteiger partial charge is 0.180 e. The number of benzene rings is 1. The number of Topliss-reactive ketones (excluding diaryl/α,β-unsaturated/α-hetero) is 1. The SMILES string of the molecule is CCN(CC(=O)c1ccc(C)cc1OC)C(C)C. The number of rotatable bonds is 6. The topological polar surface area (TPSA) is 29.5 Å². The molecule has 1 rings (SSSR count). The van der Waals surface area contributed by atoms with Gasteiger partial charge in [0.15, 0.2) is 5.78 Å². The van der Waals surface area contributed by atoms with E-state index in [2.05, 4.69) is 25.7 Å². The van der Waals surface area contributed by atoms with Gasteiger partial charge in [-0.1, -0.05) is 13.0 Å². The predicted molar refractivity (Wildman–Crippen MR) is 74.4 cm³/mol. The molecule has 18 heavy (non-hydrogen) atoms. The van der Waals surface area contributed by atoms with Gasteiger partial charge in [0, 0.05) is 6.04 Å². The van der Waals surface area contributed by atoms with Gasteiger partial charge >= 0.3 is 0 Å². The summed E-state index contributed by atoms with van der Waals surface area (Å²) in [7, 11) is 1.60. The van der Waals surface area contributed by atoms with Crippen molar-refractivity contribution >= 4 is 5.78 Å². The Morgan fingerprint density at radius 3 is 2.56 bits per heavy atom. The highest BCUT2D eigenvalue weighted by Gasteiger charge is 2.17. The number of hydrogen-bond donors (Lipinski definition) is 0. The minimum atomic E-state index is 0.113. The number of ether oxygens (including phenoxy) is 1. The molecule has 0 N–H and O–H groups in total. The van der Waals surface area contributed by atoms with Gasteiger partial charge < -0.3 is 4.74 Å². The van der Waals surface area contributed by atoms with E-state index in [1.54, 1.807) is 7.11 Å². The van der Waals surface area contributed by atoms with Gasteiger partial charge in [-0.15, -0.1) is 0 Å². The molecule has 1 aromatic rings. The van der Waals surface area contributed by atoms with Crippen LogP contribution in [0.1, 0.15) is 36.7 Å². The molecule has 0 bridgehead atoms. The fourth-order valence-electron chi connectivity index (χ4n) is 1.96. The minimum Gasteiger partial charge on any atom is -0.496 e. The first-order valence-corrected chi connectivity index (χ1v) is 6.41. The van der Waals surface area contributed by atoms with Gasteiger partial charge in [-0.3, -0.25) is 9.69 Å². The van der Waals surface area contributed by atoms with Crippen LogP contribution in [0.15, 0.2) is 18.2 Å². The lowest BCUT2D eigenvalue weighted by molar-refractivity contribution is 0.0908. The molecular formula is C15H23NO2. The highest BCUT2D eigenvalue weighted by atomic mass is 16.5. The summed E-state index contributed by atoms with van der Waals surface area (Å²) >= 11 is 0. The van der Waals surface area contributed by atoms with Crippen LogP contribution < -0.4 is 4.74 Å². The molecule has 3 heteroatoms. The summed E-state index contributed by atoms with van der Waals surface area (Å²) in [6.07, 6.45) is 0. The van der Waals surface area contributed by atoms with Crippen LogP contribution in [-0.4, -0.2) is 36.9 Å². The maximum atomic E-state index is 12.3. The van der Waals surface area contributed by atoms with E-state index in [-0.39, 0.29) is 5.78 Å². The molecule has 0 radical (unpaired) electrons. The fraction of sp³-hybridized carbons (Fsp3) is 0.533. The molecule has 3 nitrogen and oxygen atoms in total. The molecule has 0 heterocycles. The molecule has 0 fully saturated rings. The quantitative estimate of drug-likeness (QED) is 0.726. The van der Waals surface area contributed by atoms with E-state index >= 15 is 0 Å². The molecule has 0 aromatic heterocycles. The Balaban J connectivity index is 2.90. The zero-order chi connectivity index (χ0) is 13.7. The number of aryl methyl sites for hydroxylation is 1. The third-order valence-corrected chi connectivity index (χ3v) is 3.14. The predicted octanol–water partition coefficient (Wildman–Crippen LogP) is 2.92. The monoisotopic (exact) mass is 249 g/mol. The van der Waals surface area contributed by atoms with Crippen molar-refractivity contribution in [2.45, 2.75) is 33.7 Å². The van der Waals surface area contributed by atoms with Gasteiger partial charge in [0.05, 0.1) is 19.2 Å². The average Bonchev–Trinajstić information content (AvgIpc) is 2.34. The fourth-order valence-corrected chi connectivity index (χ4v) is 1.96. The first-order valence-electron chi connectivity index (χ1n) is 6.41. The van der Waals surface area contributed by atoms with E-state index in [4.69, 9.17) is 4.74 Å². The molecule has 100 valence electrons. The van der Waals surface area contributed by atoms with Crippen molar-refractivity contribution in [3.63, 3.8) is 0 Å². The van der Waals surface area contributed by atoms with Crippen molar-refractivity contribution in [1.29, 1.82) is 0 Å². The summed E-state index contributed by atoms with van der Waals surface area (Å²) < 4.78 is 5.28. The first kappa shape index (κ1) is 14.7. The number of carbonyl (C=O) groups is 1. The molecular weight excluding hydrogens is 226 g/mol. The first-order chi connectivity index (χ1) is 8.49. The number of carbonyl (C=O) groups excluding carboxylic acids is 1. The molecule has 0 aliphatic carbocycles. The molecule has 0 aliphatic heterocycles.